The summed E-state index contributed by atoms with van der Waals surface area (Å²) in [5.41, 5.74) is 10.5. The van der Waals surface area contributed by atoms with Crippen LogP contribution in [0.5, 0.6) is 0 Å². The van der Waals surface area contributed by atoms with Gasteiger partial charge in [0.15, 0.2) is 0 Å². The fraction of sp³-hybridized carbons (Fsp3) is 0.455. The number of aliphatic hydroxyl groups is 9. The number of primary amides is 2. The van der Waals surface area contributed by atoms with E-state index in [4.69, 9.17) is 11.5 Å². The van der Waals surface area contributed by atoms with E-state index in [-0.39, 0.29) is 125 Å². The molecule has 22 nitrogen and oxygen atoms in total. The topological polar surface area (TPSA) is 379 Å². The van der Waals surface area contributed by atoms with Crippen molar-refractivity contribution < 1.29 is 132 Å². The molecule has 0 fully saturated rings. The maximum atomic E-state index is 14.1. The first-order chi connectivity index (χ1) is 28.1. The van der Waals surface area contributed by atoms with Gasteiger partial charge in [-0.2, -0.15) is 0 Å². The summed E-state index contributed by atoms with van der Waals surface area (Å²) in [5, 5.41) is 90.0. The van der Waals surface area contributed by atoms with E-state index in [1.165, 1.54) is 0 Å². The van der Waals surface area contributed by atoms with E-state index in [1.807, 2.05) is 0 Å². The van der Waals surface area contributed by atoms with E-state index >= 15 is 0 Å². The Bertz CT molecular complexity index is 1790. The van der Waals surface area contributed by atoms with Gasteiger partial charge in [0.05, 0.1) is 118 Å². The van der Waals surface area contributed by atoms with Crippen molar-refractivity contribution in [3.05, 3.63) is 43.7 Å². The number of rotatable bonds is 24. The predicted molar refractivity (Wildman–Crippen MR) is 265 cm³/mol. The van der Waals surface area contributed by atoms with E-state index in [1.54, 1.807) is 136 Å². The van der Waals surface area contributed by atoms with Crippen LogP contribution in [-0.4, -0.2) is 194 Å². The third-order valence-corrected chi connectivity index (χ3v) is 14.7. The molecule has 62 heavy (non-hydrogen) atoms. The second-order valence-corrected chi connectivity index (χ2v) is 19.2. The third kappa shape index (κ3) is 16.0. The molecular formula is C33H41I6KN6O16. The van der Waals surface area contributed by atoms with Crippen LogP contribution in [0.25, 0.3) is 0 Å². The summed E-state index contributed by atoms with van der Waals surface area (Å²) >= 11 is 10.3. The molecule has 2 rings (SSSR count). The molecule has 0 aliphatic carbocycles. The van der Waals surface area contributed by atoms with Crippen molar-refractivity contribution in [2.24, 2.45) is 11.5 Å². The molecule has 14 N–H and O–H groups in total. The van der Waals surface area contributed by atoms with Crippen LogP contribution >= 0.6 is 136 Å². The van der Waals surface area contributed by atoms with Crippen molar-refractivity contribution in [3.8, 4) is 0 Å². The smallest absolute Gasteiger partial charge is 0.870 e. The quantitative estimate of drug-likeness (QED) is 0.0266. The van der Waals surface area contributed by atoms with Gasteiger partial charge in [-0.3, -0.25) is 28.8 Å². The van der Waals surface area contributed by atoms with Crippen LogP contribution in [-0.2, 0) is 9.59 Å². The van der Waals surface area contributed by atoms with Crippen LogP contribution in [0.15, 0.2) is 0 Å². The minimum atomic E-state index is -1.64. The predicted octanol–water partition coefficient (Wildman–Crippen LogP) is -5.38. The minimum Gasteiger partial charge on any atom is -0.870 e. The molecule has 2 aromatic carbocycles. The Labute approximate surface area is 478 Å². The van der Waals surface area contributed by atoms with Gasteiger partial charge in [-0.05, 0) is 136 Å². The van der Waals surface area contributed by atoms with E-state index in [2.05, 4.69) is 0 Å². The number of carbonyl (C=O) groups excluding carboxylic acids is 6. The zero-order chi connectivity index (χ0) is 45.9. The van der Waals surface area contributed by atoms with Crippen molar-refractivity contribution in [1.29, 1.82) is 0 Å². The Kier molecular flexibility index (Phi) is 30.1. The van der Waals surface area contributed by atoms with Gasteiger partial charge in [-0.15, -0.1) is 0 Å². The van der Waals surface area contributed by atoms with Gasteiger partial charge in [0.25, 0.3) is 23.6 Å². The number of nitrogens with two attached hydrogens (primary N) is 2. The van der Waals surface area contributed by atoms with Gasteiger partial charge < -0.3 is 82.5 Å². The number of hydrogen-bond donors (Lipinski definition) is 11. The summed E-state index contributed by atoms with van der Waals surface area (Å²) in [7, 11) is 0. The number of nitrogens with zero attached hydrogens (tertiary/aromatic N) is 4. The van der Waals surface area contributed by atoms with Gasteiger partial charge in [0.1, 0.15) is 0 Å². The summed E-state index contributed by atoms with van der Waals surface area (Å²) in [5.74, 6) is -3.81. The van der Waals surface area contributed by atoms with Crippen molar-refractivity contribution >= 4 is 183 Å². The molecule has 4 atom stereocenters. The molecule has 0 bridgehead atoms. The Morgan fingerprint density at radius 1 is 0.468 bits per heavy atom. The molecule has 0 spiro atoms. The van der Waals surface area contributed by atoms with Crippen LogP contribution in [0.1, 0.15) is 41.4 Å². The standard InChI is InChI=1S/C33H40I6N6O15.K.H2O/c34-22-18(30(40)57)24(36)28(26(38)20(22)32(59)42(3-14(53)7-46)4-15(54)8-47)44(11-50)1-13(52)2-45(12-51)29-25(37)19(31(41)58)23(35)21(27(29)39)33(60)43(5-16(55)9-48)6-17(56)10-49;;/h11-17,46-49,52-56H,1-10H2,(H2,40,57)(H2,41,58);;1H2/q;+1;/p-1. The first kappa shape index (κ1) is 62.9. The molecule has 4 unspecified atom stereocenters. The maximum Gasteiger partial charge on any atom is 1.00 e. The number of aliphatic hydroxyl groups excluding tert-OH is 9. The van der Waals surface area contributed by atoms with Crippen molar-refractivity contribution in [2.45, 2.75) is 30.5 Å². The Hall–Kier alpha value is 0.876. The zero-order valence-corrected chi connectivity index (χ0v) is 48.3. The summed E-state index contributed by atoms with van der Waals surface area (Å²) in [4.78, 5) is 83.1. The Morgan fingerprint density at radius 3 is 0.919 bits per heavy atom. The van der Waals surface area contributed by atoms with Gasteiger partial charge in [0.2, 0.25) is 12.8 Å². The number of amides is 6. The fourth-order valence-electron chi connectivity index (χ4n) is 5.55. The Balaban J connectivity index is 0.0000186. The molecule has 0 saturated carbocycles. The molecule has 0 aromatic heterocycles. The zero-order valence-electron chi connectivity index (χ0n) is 32.2. The van der Waals surface area contributed by atoms with Gasteiger partial charge in [-0.25, -0.2) is 0 Å². The maximum absolute atomic E-state index is 14.1. The Morgan fingerprint density at radius 2 is 0.710 bits per heavy atom. The van der Waals surface area contributed by atoms with Crippen LogP contribution in [0.3, 0.4) is 0 Å². The number of halogens is 6. The van der Waals surface area contributed by atoms with Crippen molar-refractivity contribution in [2.75, 3.05) is 75.5 Å². The molecule has 0 aliphatic heterocycles. The largest absolute Gasteiger partial charge is 1.00 e. The fourth-order valence-corrected chi connectivity index (χ4v) is 15.1. The molecule has 0 saturated heterocycles. The molecule has 29 heteroatoms. The van der Waals surface area contributed by atoms with Crippen LogP contribution in [0, 0.1) is 21.4 Å². The molecule has 342 valence electrons. The number of carbonyl (C=O) groups is 6. The average Bonchev–Trinajstić information content (AvgIpc) is 3.18. The number of anilines is 2. The monoisotopic (exact) mass is 1580 g/mol. The summed E-state index contributed by atoms with van der Waals surface area (Å²) in [6.45, 7) is -6.36. The van der Waals surface area contributed by atoms with Gasteiger partial charge >= 0.3 is 51.4 Å². The van der Waals surface area contributed by atoms with Crippen molar-refractivity contribution in [3.63, 3.8) is 0 Å². The third-order valence-electron chi connectivity index (χ3n) is 8.29. The van der Waals surface area contributed by atoms with E-state index in [0.717, 1.165) is 19.6 Å². The van der Waals surface area contributed by atoms with E-state index in [9.17, 15) is 74.7 Å². The van der Waals surface area contributed by atoms with Crippen LogP contribution in [0.2, 0.25) is 0 Å². The molecule has 6 amide bonds. The molecule has 0 heterocycles. The first-order valence-electron chi connectivity index (χ1n) is 16.9. The molecular weight excluding hydrogens is 1540 g/mol. The average molecular weight is 1580 g/mol. The second kappa shape index (κ2) is 29.7. The molecule has 2 aromatic rings. The number of benzene rings is 2. The van der Waals surface area contributed by atoms with E-state index in [0.29, 0.717) is 0 Å². The van der Waals surface area contributed by atoms with E-state index < -0.39 is 120 Å². The number of hydrogen-bond acceptors (Lipinski definition) is 16. The summed E-state index contributed by atoms with van der Waals surface area (Å²) in [6, 6.07) is 0. The van der Waals surface area contributed by atoms with Gasteiger partial charge in [-0.1, -0.05) is 0 Å². The second-order valence-electron chi connectivity index (χ2n) is 12.7. The van der Waals surface area contributed by atoms with Crippen molar-refractivity contribution in [1.82, 2.24) is 9.80 Å². The minimum absolute atomic E-state index is 0. The first-order valence-corrected chi connectivity index (χ1v) is 23.4. The summed E-state index contributed by atoms with van der Waals surface area (Å²) in [6.07, 6.45) is -6.97. The SMILES string of the molecule is NC(=O)c1c(I)c(C(=O)N(CC(O)CO)CC(O)CO)c(I)c(N(C=O)CC(O)CN(C=O)c2c(I)c(C(N)=O)c(I)c(C(=O)N(CC(O)CO)CC(O)CO)c2I)c1I.[K+].[OH-]. The summed E-state index contributed by atoms with van der Waals surface area (Å²) < 4.78 is 0.292. The molecule has 0 radical (unpaired) electrons. The van der Waals surface area contributed by atoms with Crippen LogP contribution < -0.4 is 72.7 Å². The molecule has 0 aliphatic rings. The normalized spacial score (nSPS) is 13.3. The van der Waals surface area contributed by atoms with Gasteiger partial charge in [0, 0.05) is 33.3 Å². The van der Waals surface area contributed by atoms with Crippen LogP contribution in [0.4, 0.5) is 11.4 Å².